The fraction of sp³-hybridized carbons (Fsp3) is 0.308. The van der Waals surface area contributed by atoms with Crippen molar-refractivity contribution in [2.75, 3.05) is 0 Å². The van der Waals surface area contributed by atoms with Crippen LogP contribution >= 0.6 is 0 Å². The molecule has 0 unspecified atom stereocenters. The van der Waals surface area contributed by atoms with E-state index in [0.717, 1.165) is 5.39 Å². The van der Waals surface area contributed by atoms with Crippen molar-refractivity contribution in [1.29, 1.82) is 0 Å². The summed E-state index contributed by atoms with van der Waals surface area (Å²) in [6.07, 6.45) is 1.58. The van der Waals surface area contributed by atoms with Gasteiger partial charge in [-0.3, -0.25) is 4.79 Å². The standard InChI is InChI=1S/C13H14FNO/c1-13(2,3)11-9(14)5-4-8-6-7-15-12(16)10(8)11/h4-7H,1-3H3,(H,15,16). The van der Waals surface area contributed by atoms with E-state index in [-0.39, 0.29) is 11.4 Å². The molecule has 84 valence electrons. The topological polar surface area (TPSA) is 32.9 Å². The lowest BCUT2D eigenvalue weighted by Crippen LogP contribution is -2.19. The van der Waals surface area contributed by atoms with Crippen molar-refractivity contribution in [2.45, 2.75) is 26.2 Å². The van der Waals surface area contributed by atoms with Crippen LogP contribution in [0.25, 0.3) is 10.8 Å². The van der Waals surface area contributed by atoms with Crippen molar-refractivity contribution in [2.24, 2.45) is 0 Å². The highest BCUT2D eigenvalue weighted by molar-refractivity contribution is 5.85. The number of fused-ring (bicyclic) bond motifs is 1. The van der Waals surface area contributed by atoms with E-state index in [1.807, 2.05) is 20.8 Å². The molecule has 0 spiro atoms. The van der Waals surface area contributed by atoms with Crippen LogP contribution in [0, 0.1) is 5.82 Å². The minimum absolute atomic E-state index is 0.234. The molecule has 0 fully saturated rings. The summed E-state index contributed by atoms with van der Waals surface area (Å²) in [6, 6.07) is 4.84. The van der Waals surface area contributed by atoms with Crippen LogP contribution in [0.2, 0.25) is 0 Å². The van der Waals surface area contributed by atoms with Crippen molar-refractivity contribution in [3.63, 3.8) is 0 Å². The number of aromatic amines is 1. The molecule has 0 bridgehead atoms. The molecule has 0 radical (unpaired) electrons. The summed E-state index contributed by atoms with van der Waals surface area (Å²) in [5.74, 6) is -0.322. The highest BCUT2D eigenvalue weighted by atomic mass is 19.1. The molecule has 2 nitrogen and oxygen atoms in total. The van der Waals surface area contributed by atoms with Crippen molar-refractivity contribution in [3.8, 4) is 0 Å². The zero-order valence-electron chi connectivity index (χ0n) is 9.60. The van der Waals surface area contributed by atoms with Gasteiger partial charge in [0.15, 0.2) is 0 Å². The van der Waals surface area contributed by atoms with Crippen LogP contribution < -0.4 is 5.56 Å². The quantitative estimate of drug-likeness (QED) is 0.726. The number of aromatic nitrogens is 1. The highest BCUT2D eigenvalue weighted by Gasteiger charge is 2.22. The minimum Gasteiger partial charge on any atom is -0.329 e. The van der Waals surface area contributed by atoms with Gasteiger partial charge in [0.1, 0.15) is 5.82 Å². The molecule has 1 aromatic carbocycles. The Kier molecular flexibility index (Phi) is 2.34. The summed E-state index contributed by atoms with van der Waals surface area (Å²) in [4.78, 5) is 14.4. The predicted octanol–water partition coefficient (Wildman–Crippen LogP) is 2.96. The van der Waals surface area contributed by atoms with E-state index in [9.17, 15) is 9.18 Å². The van der Waals surface area contributed by atoms with Gasteiger partial charge in [0.2, 0.25) is 0 Å². The number of H-pyrrole nitrogens is 1. The maximum absolute atomic E-state index is 13.8. The lowest BCUT2D eigenvalue weighted by molar-refractivity contribution is 0.528. The van der Waals surface area contributed by atoms with E-state index in [1.54, 1.807) is 18.3 Å². The maximum atomic E-state index is 13.8. The first kappa shape index (κ1) is 10.9. The highest BCUT2D eigenvalue weighted by Crippen LogP contribution is 2.30. The second kappa shape index (κ2) is 3.44. The fourth-order valence-corrected chi connectivity index (χ4v) is 1.99. The molecule has 0 aliphatic rings. The Hall–Kier alpha value is -1.64. The van der Waals surface area contributed by atoms with Crippen LogP contribution in [-0.4, -0.2) is 4.98 Å². The Morgan fingerprint density at radius 2 is 1.88 bits per heavy atom. The lowest BCUT2D eigenvalue weighted by atomic mass is 9.83. The van der Waals surface area contributed by atoms with Gasteiger partial charge in [-0.05, 0) is 22.9 Å². The molecular formula is C13H14FNO. The van der Waals surface area contributed by atoms with Crippen LogP contribution in [0.15, 0.2) is 29.2 Å². The Balaban J connectivity index is 3.01. The van der Waals surface area contributed by atoms with E-state index in [0.29, 0.717) is 10.9 Å². The summed E-state index contributed by atoms with van der Waals surface area (Å²) < 4.78 is 13.8. The Morgan fingerprint density at radius 1 is 1.19 bits per heavy atom. The molecule has 0 aliphatic carbocycles. The van der Waals surface area contributed by atoms with Crippen molar-refractivity contribution in [3.05, 3.63) is 46.1 Å². The van der Waals surface area contributed by atoms with Gasteiger partial charge in [-0.1, -0.05) is 26.8 Å². The SMILES string of the molecule is CC(C)(C)c1c(F)ccc2cc[nH]c(=O)c12. The molecule has 3 heteroatoms. The normalized spacial score (nSPS) is 12.0. The van der Waals surface area contributed by atoms with Crippen LogP contribution in [0.1, 0.15) is 26.3 Å². The van der Waals surface area contributed by atoms with Crippen molar-refractivity contribution < 1.29 is 4.39 Å². The van der Waals surface area contributed by atoms with E-state index < -0.39 is 5.41 Å². The second-order valence-electron chi connectivity index (χ2n) is 4.94. The van der Waals surface area contributed by atoms with Gasteiger partial charge in [0, 0.05) is 11.8 Å². The first-order chi connectivity index (χ1) is 7.41. The maximum Gasteiger partial charge on any atom is 0.256 e. The summed E-state index contributed by atoms with van der Waals surface area (Å²) >= 11 is 0. The third-order valence-electron chi connectivity index (χ3n) is 2.64. The van der Waals surface area contributed by atoms with E-state index in [1.165, 1.54) is 6.07 Å². The van der Waals surface area contributed by atoms with Crippen molar-refractivity contribution >= 4 is 10.8 Å². The smallest absolute Gasteiger partial charge is 0.256 e. The summed E-state index contributed by atoms with van der Waals surface area (Å²) in [5, 5.41) is 1.23. The van der Waals surface area contributed by atoms with Gasteiger partial charge in [-0.2, -0.15) is 0 Å². The van der Waals surface area contributed by atoms with Crippen molar-refractivity contribution in [1.82, 2.24) is 4.98 Å². The zero-order valence-corrected chi connectivity index (χ0v) is 9.60. The molecule has 2 rings (SSSR count). The monoisotopic (exact) mass is 219 g/mol. The number of rotatable bonds is 0. The van der Waals surface area contributed by atoms with Crippen LogP contribution in [-0.2, 0) is 5.41 Å². The molecule has 0 saturated carbocycles. The largest absolute Gasteiger partial charge is 0.329 e. The first-order valence-electron chi connectivity index (χ1n) is 5.21. The zero-order chi connectivity index (χ0) is 11.9. The van der Waals surface area contributed by atoms with Gasteiger partial charge in [-0.25, -0.2) is 4.39 Å². The number of pyridine rings is 1. The molecule has 0 aliphatic heterocycles. The predicted molar refractivity (Wildman–Crippen MR) is 63.2 cm³/mol. The molecule has 1 N–H and O–H groups in total. The van der Waals surface area contributed by atoms with Gasteiger partial charge in [0.05, 0.1) is 5.39 Å². The van der Waals surface area contributed by atoms with E-state index in [4.69, 9.17) is 0 Å². The number of nitrogens with one attached hydrogen (secondary N) is 1. The second-order valence-corrected chi connectivity index (χ2v) is 4.94. The molecule has 0 amide bonds. The Bertz CT molecular complexity index is 593. The van der Waals surface area contributed by atoms with Crippen LogP contribution in [0.3, 0.4) is 0 Å². The number of halogens is 1. The Labute approximate surface area is 93.1 Å². The molecule has 0 atom stereocenters. The summed E-state index contributed by atoms with van der Waals surface area (Å²) in [6.45, 7) is 5.70. The molecular weight excluding hydrogens is 205 g/mol. The van der Waals surface area contributed by atoms with E-state index >= 15 is 0 Å². The van der Waals surface area contributed by atoms with Gasteiger partial charge < -0.3 is 4.98 Å². The molecule has 2 aromatic rings. The summed E-state index contributed by atoms with van der Waals surface area (Å²) in [7, 11) is 0. The average molecular weight is 219 g/mol. The van der Waals surface area contributed by atoms with E-state index in [2.05, 4.69) is 4.98 Å². The van der Waals surface area contributed by atoms with Crippen LogP contribution in [0.5, 0.6) is 0 Å². The molecule has 1 heterocycles. The first-order valence-corrected chi connectivity index (χ1v) is 5.21. The molecule has 1 aromatic heterocycles. The number of hydrogen-bond donors (Lipinski definition) is 1. The Morgan fingerprint density at radius 3 is 2.50 bits per heavy atom. The number of benzene rings is 1. The van der Waals surface area contributed by atoms with Gasteiger partial charge in [-0.15, -0.1) is 0 Å². The summed E-state index contributed by atoms with van der Waals surface area (Å²) in [5.41, 5.74) is -0.147. The third-order valence-corrected chi connectivity index (χ3v) is 2.64. The van der Waals surface area contributed by atoms with Gasteiger partial charge in [0.25, 0.3) is 5.56 Å². The molecule has 16 heavy (non-hydrogen) atoms. The average Bonchev–Trinajstić information content (AvgIpc) is 2.17. The molecule has 0 saturated heterocycles. The number of hydrogen-bond acceptors (Lipinski definition) is 1. The fourth-order valence-electron chi connectivity index (χ4n) is 1.99. The minimum atomic E-state index is -0.391. The third kappa shape index (κ3) is 1.62. The van der Waals surface area contributed by atoms with Crippen LogP contribution in [0.4, 0.5) is 4.39 Å². The van der Waals surface area contributed by atoms with Gasteiger partial charge >= 0.3 is 0 Å². The lowest BCUT2D eigenvalue weighted by Gasteiger charge is -2.21.